The minimum atomic E-state index is -0.284. The lowest BCUT2D eigenvalue weighted by molar-refractivity contribution is -0.123. The average molecular weight is 339 g/mol. The number of hydrogen-bond donors (Lipinski definition) is 2. The molecule has 0 spiro atoms. The smallest absolute Gasteiger partial charge is 0.259 e. The monoisotopic (exact) mass is 339 g/mol. The van der Waals surface area contributed by atoms with E-state index in [1.807, 2.05) is 26.0 Å². The number of hydrogen-bond acceptors (Lipinski definition) is 3. The molecule has 2 amide bonds. The second-order valence-electron chi connectivity index (χ2n) is 7.10. The van der Waals surface area contributed by atoms with E-state index in [0.717, 1.165) is 29.5 Å². The summed E-state index contributed by atoms with van der Waals surface area (Å²) in [6.07, 6.45) is 3.10. The van der Waals surface area contributed by atoms with Crippen LogP contribution in [0, 0.1) is 19.8 Å². The number of benzene rings is 1. The summed E-state index contributed by atoms with van der Waals surface area (Å²) in [5.74, 6) is -0.420. The summed E-state index contributed by atoms with van der Waals surface area (Å²) >= 11 is 0. The van der Waals surface area contributed by atoms with Crippen LogP contribution in [0.2, 0.25) is 0 Å². The highest BCUT2D eigenvalue weighted by molar-refractivity contribution is 5.98. The van der Waals surface area contributed by atoms with Crippen LogP contribution in [0.5, 0.6) is 0 Å². The summed E-state index contributed by atoms with van der Waals surface area (Å²) in [6.45, 7) is 4.93. The number of carbonyl (C=O) groups is 2. The molecule has 6 heteroatoms. The van der Waals surface area contributed by atoms with Gasteiger partial charge in [0, 0.05) is 24.7 Å². The van der Waals surface area contributed by atoms with Gasteiger partial charge in [0.2, 0.25) is 11.3 Å². The molecular formula is C19H21N3O3. The van der Waals surface area contributed by atoms with Crippen molar-refractivity contribution in [3.8, 4) is 0 Å². The highest BCUT2D eigenvalue weighted by Gasteiger charge is 2.43. The van der Waals surface area contributed by atoms with Crippen LogP contribution in [0.25, 0.3) is 10.9 Å². The van der Waals surface area contributed by atoms with Crippen molar-refractivity contribution < 1.29 is 9.59 Å². The Morgan fingerprint density at radius 3 is 2.84 bits per heavy atom. The fraction of sp³-hybridized carbons (Fsp3) is 0.421. The topological polar surface area (TPSA) is 82.3 Å². The largest absolute Gasteiger partial charge is 0.360 e. The van der Waals surface area contributed by atoms with Gasteiger partial charge in [0.25, 0.3) is 5.91 Å². The number of aromatic amines is 1. The number of nitrogens with one attached hydrogen (secondary N) is 2. The Hall–Kier alpha value is -2.63. The molecule has 0 radical (unpaired) electrons. The molecule has 0 bridgehead atoms. The van der Waals surface area contributed by atoms with Crippen molar-refractivity contribution in [2.45, 2.75) is 32.7 Å². The molecule has 0 unspecified atom stereocenters. The normalized spacial score (nSPS) is 22.8. The van der Waals surface area contributed by atoms with Crippen LogP contribution in [0.1, 0.15) is 34.3 Å². The first-order valence-corrected chi connectivity index (χ1v) is 8.68. The molecular weight excluding hydrogens is 318 g/mol. The molecule has 4 rings (SSSR count). The van der Waals surface area contributed by atoms with Crippen molar-refractivity contribution in [1.29, 1.82) is 0 Å². The lowest BCUT2D eigenvalue weighted by atomic mass is 9.91. The van der Waals surface area contributed by atoms with Gasteiger partial charge in [0.1, 0.15) is 5.56 Å². The number of amides is 2. The summed E-state index contributed by atoms with van der Waals surface area (Å²) in [6, 6.07) is 3.67. The Balaban J connectivity index is 1.77. The number of fused-ring (bicyclic) bond motifs is 2. The predicted molar refractivity (Wildman–Crippen MR) is 94.6 cm³/mol. The van der Waals surface area contributed by atoms with Crippen molar-refractivity contribution in [3.05, 3.63) is 45.2 Å². The third kappa shape index (κ3) is 2.44. The summed E-state index contributed by atoms with van der Waals surface area (Å²) < 4.78 is 0. The molecule has 25 heavy (non-hydrogen) atoms. The number of aromatic nitrogens is 1. The summed E-state index contributed by atoms with van der Waals surface area (Å²) in [4.78, 5) is 42.7. The maximum Gasteiger partial charge on any atom is 0.259 e. The van der Waals surface area contributed by atoms with E-state index in [4.69, 9.17) is 0 Å². The van der Waals surface area contributed by atoms with E-state index in [-0.39, 0.29) is 34.8 Å². The second kappa shape index (κ2) is 5.72. The maximum atomic E-state index is 13.1. The molecule has 0 saturated carbocycles. The van der Waals surface area contributed by atoms with E-state index in [1.54, 1.807) is 4.90 Å². The molecule has 3 heterocycles. The quantitative estimate of drug-likeness (QED) is 0.826. The zero-order chi connectivity index (χ0) is 17.7. The molecule has 0 aliphatic carbocycles. The van der Waals surface area contributed by atoms with Gasteiger partial charge in [-0.25, -0.2) is 0 Å². The van der Waals surface area contributed by atoms with Crippen LogP contribution in [-0.4, -0.2) is 40.8 Å². The number of H-pyrrole nitrogens is 1. The summed E-state index contributed by atoms with van der Waals surface area (Å²) in [7, 11) is 0. The lowest BCUT2D eigenvalue weighted by Crippen LogP contribution is -2.49. The van der Waals surface area contributed by atoms with Crippen LogP contribution in [0.3, 0.4) is 0 Å². The van der Waals surface area contributed by atoms with Crippen LogP contribution in [-0.2, 0) is 4.79 Å². The fourth-order valence-corrected chi connectivity index (χ4v) is 4.21. The van der Waals surface area contributed by atoms with Gasteiger partial charge in [-0.05, 0) is 43.9 Å². The van der Waals surface area contributed by atoms with E-state index in [0.29, 0.717) is 18.5 Å². The van der Waals surface area contributed by atoms with Gasteiger partial charge in [-0.2, -0.15) is 0 Å². The zero-order valence-corrected chi connectivity index (χ0v) is 14.4. The van der Waals surface area contributed by atoms with Crippen LogP contribution < -0.4 is 10.7 Å². The molecule has 130 valence electrons. The number of rotatable bonds is 1. The zero-order valence-electron chi connectivity index (χ0n) is 14.4. The second-order valence-corrected chi connectivity index (χ2v) is 7.10. The number of likely N-dealkylation sites (tertiary alicyclic amines) is 1. The Bertz CT molecular complexity index is 947. The molecule has 2 aliphatic heterocycles. The molecule has 1 aromatic carbocycles. The number of carbonyl (C=O) groups excluding carboxylic acids is 2. The van der Waals surface area contributed by atoms with E-state index < -0.39 is 0 Å². The highest BCUT2D eigenvalue weighted by atomic mass is 16.2. The molecule has 2 saturated heterocycles. The van der Waals surface area contributed by atoms with Gasteiger partial charge in [0.15, 0.2) is 0 Å². The van der Waals surface area contributed by atoms with Gasteiger partial charge in [0.05, 0.1) is 17.5 Å². The molecule has 1 aromatic heterocycles. The first kappa shape index (κ1) is 15.9. The SMILES string of the molecule is Cc1cc(C)c2[nH]cc(C(=O)N3CCC[C@H]4C(=O)NC[C@H]43)c(=O)c2c1. The van der Waals surface area contributed by atoms with Crippen LogP contribution in [0.4, 0.5) is 0 Å². The number of nitrogens with zero attached hydrogens (tertiary/aromatic N) is 1. The number of pyridine rings is 1. The molecule has 2 aliphatic rings. The van der Waals surface area contributed by atoms with Crippen molar-refractivity contribution in [2.24, 2.45) is 5.92 Å². The van der Waals surface area contributed by atoms with Gasteiger partial charge in [-0.1, -0.05) is 6.07 Å². The van der Waals surface area contributed by atoms with Crippen molar-refractivity contribution >= 4 is 22.7 Å². The lowest BCUT2D eigenvalue weighted by Gasteiger charge is -2.35. The third-order valence-electron chi connectivity index (χ3n) is 5.42. The van der Waals surface area contributed by atoms with Gasteiger partial charge in [-0.15, -0.1) is 0 Å². The van der Waals surface area contributed by atoms with Gasteiger partial charge < -0.3 is 15.2 Å². The van der Waals surface area contributed by atoms with E-state index in [9.17, 15) is 14.4 Å². The first-order valence-electron chi connectivity index (χ1n) is 8.68. The van der Waals surface area contributed by atoms with E-state index in [1.165, 1.54) is 6.20 Å². The Morgan fingerprint density at radius 2 is 2.04 bits per heavy atom. The van der Waals surface area contributed by atoms with Crippen LogP contribution in [0.15, 0.2) is 23.1 Å². The Kier molecular flexibility index (Phi) is 3.63. The van der Waals surface area contributed by atoms with E-state index >= 15 is 0 Å². The Labute approximate surface area is 145 Å². The minimum Gasteiger partial charge on any atom is -0.360 e. The molecule has 2 atom stereocenters. The Morgan fingerprint density at radius 1 is 1.24 bits per heavy atom. The van der Waals surface area contributed by atoms with Crippen LogP contribution >= 0.6 is 0 Å². The van der Waals surface area contributed by atoms with E-state index in [2.05, 4.69) is 10.3 Å². The summed E-state index contributed by atoms with van der Waals surface area (Å²) in [5, 5.41) is 3.38. The summed E-state index contributed by atoms with van der Waals surface area (Å²) in [5.41, 5.74) is 2.64. The molecule has 6 nitrogen and oxygen atoms in total. The van der Waals surface area contributed by atoms with Crippen molar-refractivity contribution in [1.82, 2.24) is 15.2 Å². The molecule has 2 N–H and O–H groups in total. The highest BCUT2D eigenvalue weighted by Crippen LogP contribution is 2.28. The number of aryl methyl sites for hydroxylation is 2. The average Bonchev–Trinajstić information content (AvgIpc) is 2.97. The van der Waals surface area contributed by atoms with Crippen molar-refractivity contribution in [2.75, 3.05) is 13.1 Å². The standard InChI is InChI=1S/C19H21N3O3/c1-10-6-11(2)16-13(7-10)17(23)14(8-20-16)19(25)22-5-3-4-12-15(22)9-21-18(12)24/h6-8,12,15H,3-5,9H2,1-2H3,(H,20,23)(H,21,24)/t12-,15-/m1/s1. The predicted octanol–water partition coefficient (Wildman–Crippen LogP) is 1.50. The van der Waals surface area contributed by atoms with Crippen molar-refractivity contribution in [3.63, 3.8) is 0 Å². The number of piperidine rings is 1. The fourth-order valence-electron chi connectivity index (χ4n) is 4.21. The third-order valence-corrected chi connectivity index (χ3v) is 5.42. The molecule has 2 aromatic rings. The minimum absolute atomic E-state index is 0.0150. The molecule has 2 fully saturated rings. The van der Waals surface area contributed by atoms with Gasteiger partial charge in [-0.3, -0.25) is 14.4 Å². The maximum absolute atomic E-state index is 13.1. The first-order chi connectivity index (χ1) is 12.0. The van der Waals surface area contributed by atoms with Gasteiger partial charge >= 0.3 is 0 Å².